The molecule has 0 amide bonds. The van der Waals surface area contributed by atoms with Gasteiger partial charge in [-0.2, -0.15) is 5.10 Å². The van der Waals surface area contributed by atoms with Gasteiger partial charge >= 0.3 is 0 Å². The fourth-order valence-corrected chi connectivity index (χ4v) is 3.66. The number of methoxy groups -OCH3 is 1. The number of nitrogens with zero attached hydrogens (tertiary/aromatic N) is 3. The topological polar surface area (TPSA) is 71.8 Å². The zero-order valence-electron chi connectivity index (χ0n) is 17.3. The van der Waals surface area contributed by atoms with E-state index in [1.54, 1.807) is 7.11 Å². The minimum absolute atomic E-state index is 0.337. The van der Waals surface area contributed by atoms with E-state index in [4.69, 9.17) is 14.6 Å². The first-order chi connectivity index (χ1) is 13.5. The second-order valence-corrected chi connectivity index (χ2v) is 7.48. The molecule has 1 atom stereocenters. The van der Waals surface area contributed by atoms with E-state index < -0.39 is 6.10 Å². The molecule has 0 spiro atoms. The van der Waals surface area contributed by atoms with Gasteiger partial charge in [0.2, 0.25) is 0 Å². The zero-order chi connectivity index (χ0) is 20.1. The number of morpholine rings is 1. The number of aryl methyl sites for hydroxylation is 1. The molecule has 2 heterocycles. The molecule has 1 aromatic heterocycles. The highest BCUT2D eigenvalue weighted by atomic mass is 16.5. The monoisotopic (exact) mass is 388 g/mol. The minimum Gasteiger partial charge on any atom is -0.497 e. The minimum atomic E-state index is -0.572. The molecule has 2 N–H and O–H groups in total. The average Bonchev–Trinajstić information content (AvgIpc) is 3.05. The highest BCUT2D eigenvalue weighted by Crippen LogP contribution is 2.29. The van der Waals surface area contributed by atoms with E-state index in [2.05, 4.69) is 24.1 Å². The molecule has 28 heavy (non-hydrogen) atoms. The van der Waals surface area contributed by atoms with E-state index in [9.17, 15) is 5.11 Å². The second kappa shape index (κ2) is 9.41. The van der Waals surface area contributed by atoms with E-state index in [-0.39, 0.29) is 0 Å². The van der Waals surface area contributed by atoms with Gasteiger partial charge in [0.05, 0.1) is 32.1 Å². The molecular weight excluding hydrogens is 356 g/mol. The number of aliphatic hydroxyl groups excluding tert-OH is 1. The summed E-state index contributed by atoms with van der Waals surface area (Å²) < 4.78 is 12.7. The highest BCUT2D eigenvalue weighted by Gasteiger charge is 2.24. The number of ether oxygens (including phenoxy) is 2. The molecule has 0 unspecified atom stereocenters. The van der Waals surface area contributed by atoms with Crippen LogP contribution in [0.4, 0.5) is 5.82 Å². The second-order valence-electron chi connectivity index (χ2n) is 7.48. The first-order valence-corrected chi connectivity index (χ1v) is 9.92. The summed E-state index contributed by atoms with van der Waals surface area (Å²) in [7, 11) is 3.64. The molecule has 7 nitrogen and oxygen atoms in total. The molecule has 1 aliphatic heterocycles. The molecule has 154 valence electrons. The SMILES string of the molecule is COc1ccc([C@H](O)CNCc2c(C(C)C)nn(C)c2N2CCOCC2)cc1. The van der Waals surface area contributed by atoms with Crippen molar-refractivity contribution >= 4 is 5.82 Å². The Morgan fingerprint density at radius 3 is 2.50 bits per heavy atom. The third kappa shape index (κ3) is 4.66. The van der Waals surface area contributed by atoms with Crippen molar-refractivity contribution < 1.29 is 14.6 Å². The van der Waals surface area contributed by atoms with Crippen LogP contribution in [0.3, 0.4) is 0 Å². The van der Waals surface area contributed by atoms with Gasteiger partial charge in [-0.1, -0.05) is 26.0 Å². The van der Waals surface area contributed by atoms with Gasteiger partial charge in [0.1, 0.15) is 11.6 Å². The molecular formula is C21H32N4O3. The largest absolute Gasteiger partial charge is 0.497 e. The molecule has 7 heteroatoms. The van der Waals surface area contributed by atoms with E-state index in [1.807, 2.05) is 36.0 Å². The van der Waals surface area contributed by atoms with Gasteiger partial charge in [-0.15, -0.1) is 0 Å². The van der Waals surface area contributed by atoms with Gasteiger partial charge in [-0.05, 0) is 23.6 Å². The maximum atomic E-state index is 10.5. The van der Waals surface area contributed by atoms with Crippen LogP contribution in [0.2, 0.25) is 0 Å². The van der Waals surface area contributed by atoms with Gasteiger partial charge in [0, 0.05) is 38.8 Å². The van der Waals surface area contributed by atoms with Crippen LogP contribution in [0.25, 0.3) is 0 Å². The van der Waals surface area contributed by atoms with Crippen molar-refractivity contribution in [1.29, 1.82) is 0 Å². The van der Waals surface area contributed by atoms with Crippen molar-refractivity contribution in [3.8, 4) is 5.75 Å². The molecule has 0 saturated carbocycles. The summed E-state index contributed by atoms with van der Waals surface area (Å²) in [6, 6.07) is 7.53. The molecule has 1 aliphatic rings. The summed E-state index contributed by atoms with van der Waals surface area (Å²) >= 11 is 0. The van der Waals surface area contributed by atoms with Gasteiger partial charge in [-0.3, -0.25) is 4.68 Å². The lowest BCUT2D eigenvalue weighted by Gasteiger charge is -2.29. The van der Waals surface area contributed by atoms with Crippen LogP contribution in [0.5, 0.6) is 5.75 Å². The first kappa shape index (κ1) is 20.6. The maximum Gasteiger partial charge on any atom is 0.131 e. The van der Waals surface area contributed by atoms with Crippen LogP contribution >= 0.6 is 0 Å². The Morgan fingerprint density at radius 1 is 1.21 bits per heavy atom. The summed E-state index contributed by atoms with van der Waals surface area (Å²) in [5, 5.41) is 18.7. The Kier molecular flexibility index (Phi) is 6.93. The fourth-order valence-electron chi connectivity index (χ4n) is 3.66. The Bertz CT molecular complexity index is 752. The average molecular weight is 389 g/mol. The summed E-state index contributed by atoms with van der Waals surface area (Å²) in [5.41, 5.74) is 3.19. The molecule has 0 radical (unpaired) electrons. The van der Waals surface area contributed by atoms with Crippen molar-refractivity contribution in [3.63, 3.8) is 0 Å². The van der Waals surface area contributed by atoms with Crippen molar-refractivity contribution in [1.82, 2.24) is 15.1 Å². The van der Waals surface area contributed by atoms with Gasteiger partial charge in [0.15, 0.2) is 0 Å². The molecule has 1 saturated heterocycles. The normalized spacial score (nSPS) is 15.9. The Hall–Kier alpha value is -2.09. The lowest BCUT2D eigenvalue weighted by atomic mass is 10.0. The van der Waals surface area contributed by atoms with Crippen LogP contribution in [-0.4, -0.2) is 54.8 Å². The van der Waals surface area contributed by atoms with E-state index in [1.165, 1.54) is 5.56 Å². The quantitative estimate of drug-likeness (QED) is 0.723. The first-order valence-electron chi connectivity index (χ1n) is 9.92. The highest BCUT2D eigenvalue weighted by molar-refractivity contribution is 5.51. The smallest absolute Gasteiger partial charge is 0.131 e. The van der Waals surface area contributed by atoms with E-state index >= 15 is 0 Å². The number of rotatable bonds is 8. The number of benzene rings is 1. The summed E-state index contributed by atoms with van der Waals surface area (Å²) in [6.07, 6.45) is -0.572. The Balaban J connectivity index is 1.69. The predicted molar refractivity (Wildman–Crippen MR) is 110 cm³/mol. The summed E-state index contributed by atoms with van der Waals surface area (Å²) in [5.74, 6) is 2.28. The van der Waals surface area contributed by atoms with Gasteiger partial charge < -0.3 is 24.8 Å². The molecule has 1 aromatic carbocycles. The number of anilines is 1. The standard InChI is InChI=1S/C21H32N4O3/c1-15(2)20-18(21(24(3)23-20)25-9-11-28-12-10-25)13-22-14-19(26)16-5-7-17(27-4)8-6-16/h5-8,15,19,22,26H,9-14H2,1-4H3/t19-/m1/s1. The van der Waals surface area contributed by atoms with Crippen molar-refractivity contribution in [2.45, 2.75) is 32.4 Å². The third-order valence-electron chi connectivity index (χ3n) is 5.14. The lowest BCUT2D eigenvalue weighted by Crippen LogP contribution is -2.38. The molecule has 3 rings (SSSR count). The fraction of sp³-hybridized carbons (Fsp3) is 0.571. The van der Waals surface area contributed by atoms with Crippen molar-refractivity contribution in [2.24, 2.45) is 7.05 Å². The van der Waals surface area contributed by atoms with Crippen LogP contribution in [0, 0.1) is 0 Å². The molecule has 2 aromatic rings. The van der Waals surface area contributed by atoms with Crippen molar-refractivity contribution in [2.75, 3.05) is 44.9 Å². The van der Waals surface area contributed by atoms with E-state index in [0.717, 1.165) is 49.1 Å². The number of hydrogen-bond donors (Lipinski definition) is 2. The van der Waals surface area contributed by atoms with Crippen LogP contribution in [0.1, 0.15) is 42.7 Å². The Morgan fingerprint density at radius 2 is 1.89 bits per heavy atom. The van der Waals surface area contributed by atoms with Gasteiger partial charge in [0.25, 0.3) is 0 Å². The van der Waals surface area contributed by atoms with Crippen LogP contribution < -0.4 is 15.0 Å². The zero-order valence-corrected chi connectivity index (χ0v) is 17.3. The third-order valence-corrected chi connectivity index (χ3v) is 5.14. The maximum absolute atomic E-state index is 10.5. The van der Waals surface area contributed by atoms with Crippen molar-refractivity contribution in [3.05, 3.63) is 41.1 Å². The van der Waals surface area contributed by atoms with Gasteiger partial charge in [-0.25, -0.2) is 0 Å². The van der Waals surface area contributed by atoms with Crippen LogP contribution in [-0.2, 0) is 18.3 Å². The summed E-state index contributed by atoms with van der Waals surface area (Å²) in [4.78, 5) is 2.35. The predicted octanol–water partition coefficient (Wildman–Crippen LogP) is 2.21. The Labute approximate surface area is 167 Å². The molecule has 0 bridgehead atoms. The molecule has 1 fully saturated rings. The van der Waals surface area contributed by atoms with E-state index in [0.29, 0.717) is 19.0 Å². The lowest BCUT2D eigenvalue weighted by molar-refractivity contribution is 0.122. The number of nitrogens with one attached hydrogen (secondary N) is 1. The summed E-state index contributed by atoms with van der Waals surface area (Å²) in [6.45, 7) is 8.71. The van der Waals surface area contributed by atoms with Crippen LogP contribution in [0.15, 0.2) is 24.3 Å². The number of aromatic nitrogens is 2. The number of hydrogen-bond acceptors (Lipinski definition) is 6. The molecule has 0 aliphatic carbocycles. The number of aliphatic hydroxyl groups is 1.